The standard InChI is InChI=1S/C35H45N3O5.C6H14.C2H6/c1-25(2)35(4,5)43-33(40)22-31(37-24-39)34(41)36-23-26(3)14-12-13-19-42-32-21-29(27-15-8-6-9-16-27)20-30(38-32)28-17-10-7-11-18-28;1-5-6(2,3)4;1-2/h6-11,15-18,20-21,24-26,31H,12-14,19,22-23H2,1-5H3,(H,36,41)(H,37,39);5H2,1-4H3;1-2H3. The fraction of sp³-hybridized carbons (Fsp3) is 0.535. The largest absolute Gasteiger partial charge is 0.478 e. The fourth-order valence-corrected chi connectivity index (χ4v) is 4.33. The number of nitrogens with zero attached hydrogens (tertiary/aromatic N) is 1. The van der Waals surface area contributed by atoms with Crippen LogP contribution in [-0.2, 0) is 19.1 Å². The van der Waals surface area contributed by atoms with Gasteiger partial charge in [-0.1, -0.05) is 129 Å². The molecule has 2 amide bonds. The van der Waals surface area contributed by atoms with Crippen LogP contribution in [0.25, 0.3) is 22.4 Å². The number of unbranched alkanes of at least 4 members (excludes halogenated alkanes) is 1. The van der Waals surface area contributed by atoms with Gasteiger partial charge >= 0.3 is 5.97 Å². The molecule has 0 aliphatic rings. The molecule has 2 unspecified atom stereocenters. The Morgan fingerprint density at radius 3 is 1.94 bits per heavy atom. The highest BCUT2D eigenvalue weighted by Crippen LogP contribution is 2.29. The molecule has 0 aliphatic heterocycles. The number of benzene rings is 2. The Labute approximate surface area is 308 Å². The minimum atomic E-state index is -0.978. The molecule has 0 spiro atoms. The van der Waals surface area contributed by atoms with Crippen LogP contribution >= 0.6 is 0 Å². The molecule has 0 saturated heterocycles. The van der Waals surface area contributed by atoms with Gasteiger partial charge in [0.05, 0.1) is 18.7 Å². The zero-order chi connectivity index (χ0) is 38.5. The maximum Gasteiger partial charge on any atom is 0.308 e. The van der Waals surface area contributed by atoms with E-state index in [-0.39, 0.29) is 18.3 Å². The number of ether oxygens (including phenoxy) is 2. The SMILES string of the molecule is CC.CC(CCCCOc1cc(-c2ccccc2)cc(-c2ccccc2)n1)CNC(=O)C(CC(=O)OC(C)(C)C(C)C)NC=O.CCC(C)(C)C. The normalized spacial score (nSPS) is 12.2. The molecular formula is C43H65N3O5. The van der Waals surface area contributed by atoms with Crippen molar-refractivity contribution >= 4 is 18.3 Å². The first-order chi connectivity index (χ1) is 24.1. The predicted octanol–water partition coefficient (Wildman–Crippen LogP) is 9.67. The number of hydrogen-bond donors (Lipinski definition) is 2. The van der Waals surface area contributed by atoms with Crippen LogP contribution in [0.2, 0.25) is 0 Å². The molecule has 1 heterocycles. The number of pyridine rings is 1. The van der Waals surface area contributed by atoms with Crippen molar-refractivity contribution in [3.8, 4) is 28.3 Å². The van der Waals surface area contributed by atoms with E-state index in [4.69, 9.17) is 14.5 Å². The minimum absolute atomic E-state index is 0.108. The highest BCUT2D eigenvalue weighted by atomic mass is 16.6. The first kappa shape index (κ1) is 44.8. The third-order valence-corrected chi connectivity index (χ3v) is 8.73. The third-order valence-electron chi connectivity index (χ3n) is 8.73. The molecule has 0 radical (unpaired) electrons. The summed E-state index contributed by atoms with van der Waals surface area (Å²) < 4.78 is 11.6. The van der Waals surface area contributed by atoms with Crippen LogP contribution in [0, 0.1) is 17.3 Å². The minimum Gasteiger partial charge on any atom is -0.478 e. The van der Waals surface area contributed by atoms with Gasteiger partial charge in [0.15, 0.2) is 0 Å². The first-order valence-corrected chi connectivity index (χ1v) is 18.6. The smallest absolute Gasteiger partial charge is 0.308 e. The molecule has 3 rings (SSSR count). The zero-order valence-electron chi connectivity index (χ0n) is 33.2. The maximum absolute atomic E-state index is 12.7. The van der Waals surface area contributed by atoms with Gasteiger partial charge in [-0.2, -0.15) is 0 Å². The summed E-state index contributed by atoms with van der Waals surface area (Å²) in [5.74, 6) is -0.0287. The van der Waals surface area contributed by atoms with Crippen LogP contribution < -0.4 is 15.4 Å². The molecule has 0 fully saturated rings. The van der Waals surface area contributed by atoms with Gasteiger partial charge in [-0.3, -0.25) is 14.4 Å². The van der Waals surface area contributed by atoms with Gasteiger partial charge in [0.25, 0.3) is 0 Å². The molecule has 0 bridgehead atoms. The summed E-state index contributed by atoms with van der Waals surface area (Å²) in [4.78, 5) is 40.9. The highest BCUT2D eigenvalue weighted by Gasteiger charge is 2.30. The van der Waals surface area contributed by atoms with E-state index in [0.717, 1.165) is 41.6 Å². The molecule has 8 nitrogen and oxygen atoms in total. The van der Waals surface area contributed by atoms with Gasteiger partial charge in [-0.05, 0) is 67.6 Å². The van der Waals surface area contributed by atoms with E-state index < -0.39 is 23.5 Å². The van der Waals surface area contributed by atoms with E-state index in [1.165, 1.54) is 6.42 Å². The second-order valence-electron chi connectivity index (χ2n) is 14.7. The van der Waals surface area contributed by atoms with E-state index in [1.807, 2.05) is 96.1 Å². The Morgan fingerprint density at radius 1 is 0.843 bits per heavy atom. The summed E-state index contributed by atoms with van der Waals surface area (Å²) in [6.45, 7) is 23.5. The van der Waals surface area contributed by atoms with Crippen LogP contribution in [0.4, 0.5) is 0 Å². The van der Waals surface area contributed by atoms with Gasteiger partial charge in [0.2, 0.25) is 18.2 Å². The summed E-state index contributed by atoms with van der Waals surface area (Å²) in [6.07, 6.45) is 4.11. The van der Waals surface area contributed by atoms with Gasteiger partial charge < -0.3 is 20.1 Å². The maximum atomic E-state index is 12.7. The van der Waals surface area contributed by atoms with E-state index in [2.05, 4.69) is 63.5 Å². The van der Waals surface area contributed by atoms with Crippen molar-refractivity contribution < 1.29 is 23.9 Å². The monoisotopic (exact) mass is 703 g/mol. The molecule has 2 atom stereocenters. The number of carbonyl (C=O) groups is 3. The number of carbonyl (C=O) groups excluding carboxylic acids is 3. The Kier molecular flexibility index (Phi) is 20.5. The quantitative estimate of drug-likeness (QED) is 0.0824. The molecular weight excluding hydrogens is 638 g/mol. The molecule has 0 saturated carbocycles. The number of nitrogens with one attached hydrogen (secondary N) is 2. The Hall–Kier alpha value is -4.20. The predicted molar refractivity (Wildman–Crippen MR) is 210 cm³/mol. The molecule has 2 aromatic carbocycles. The second kappa shape index (κ2) is 23.3. The average Bonchev–Trinajstić information content (AvgIpc) is 3.11. The number of rotatable bonds is 17. The molecule has 3 aromatic rings. The topological polar surface area (TPSA) is 107 Å². The van der Waals surface area contributed by atoms with E-state index >= 15 is 0 Å². The van der Waals surface area contributed by atoms with E-state index in [0.29, 0.717) is 30.9 Å². The Morgan fingerprint density at radius 2 is 1.41 bits per heavy atom. The highest BCUT2D eigenvalue weighted by molar-refractivity contribution is 5.88. The Balaban J connectivity index is 0.00000147. The number of esters is 1. The van der Waals surface area contributed by atoms with Gasteiger partial charge in [-0.25, -0.2) is 4.98 Å². The lowest BCUT2D eigenvalue weighted by Crippen LogP contribution is -2.47. The van der Waals surface area contributed by atoms with Crippen molar-refractivity contribution in [3.63, 3.8) is 0 Å². The first-order valence-electron chi connectivity index (χ1n) is 18.6. The number of aromatic nitrogens is 1. The van der Waals surface area contributed by atoms with Crippen molar-refractivity contribution in [1.29, 1.82) is 0 Å². The van der Waals surface area contributed by atoms with Crippen molar-refractivity contribution in [2.24, 2.45) is 17.3 Å². The van der Waals surface area contributed by atoms with Crippen LogP contribution in [0.1, 0.15) is 108 Å². The van der Waals surface area contributed by atoms with Crippen LogP contribution in [0.5, 0.6) is 5.88 Å². The molecule has 8 heteroatoms. The summed E-state index contributed by atoms with van der Waals surface area (Å²) in [6, 6.07) is 23.3. The molecule has 0 aliphatic carbocycles. The summed E-state index contributed by atoms with van der Waals surface area (Å²) >= 11 is 0. The van der Waals surface area contributed by atoms with Gasteiger partial charge in [0, 0.05) is 18.2 Å². The number of hydrogen-bond acceptors (Lipinski definition) is 6. The van der Waals surface area contributed by atoms with Crippen molar-refractivity contribution in [1.82, 2.24) is 15.6 Å². The molecule has 51 heavy (non-hydrogen) atoms. The summed E-state index contributed by atoms with van der Waals surface area (Å²) in [5.41, 5.74) is 3.92. The van der Waals surface area contributed by atoms with Crippen LogP contribution in [0.15, 0.2) is 72.8 Å². The molecule has 2 N–H and O–H groups in total. The lowest BCUT2D eigenvalue weighted by atomic mass is 9.94. The van der Waals surface area contributed by atoms with Crippen molar-refractivity contribution in [3.05, 3.63) is 72.8 Å². The zero-order valence-corrected chi connectivity index (χ0v) is 33.2. The number of amides is 2. The van der Waals surface area contributed by atoms with Gasteiger partial charge in [0.1, 0.15) is 11.6 Å². The van der Waals surface area contributed by atoms with Crippen LogP contribution in [-0.4, -0.2) is 48.1 Å². The van der Waals surface area contributed by atoms with Gasteiger partial charge in [-0.15, -0.1) is 0 Å². The lowest BCUT2D eigenvalue weighted by Gasteiger charge is -2.29. The lowest BCUT2D eigenvalue weighted by molar-refractivity contribution is -0.162. The summed E-state index contributed by atoms with van der Waals surface area (Å²) in [7, 11) is 0. The summed E-state index contributed by atoms with van der Waals surface area (Å²) in [5, 5.41) is 5.30. The van der Waals surface area contributed by atoms with E-state index in [1.54, 1.807) is 0 Å². The molecule has 1 aromatic heterocycles. The Bertz CT molecular complexity index is 1360. The second-order valence-corrected chi connectivity index (χ2v) is 14.7. The third kappa shape index (κ3) is 18.0. The molecule has 282 valence electrons. The van der Waals surface area contributed by atoms with Crippen molar-refractivity contribution in [2.45, 2.75) is 120 Å². The van der Waals surface area contributed by atoms with Crippen LogP contribution in [0.3, 0.4) is 0 Å². The fourth-order valence-electron chi connectivity index (χ4n) is 4.33. The van der Waals surface area contributed by atoms with Crippen molar-refractivity contribution in [2.75, 3.05) is 13.2 Å². The van der Waals surface area contributed by atoms with E-state index in [9.17, 15) is 14.4 Å². The average molecular weight is 704 g/mol.